The molecule has 3 N–H and O–H groups in total. The van der Waals surface area contributed by atoms with Crippen molar-refractivity contribution in [1.82, 2.24) is 9.55 Å². The number of aliphatic hydroxyl groups is 1. The molecule has 0 amide bonds. The second kappa shape index (κ2) is 7.54. The van der Waals surface area contributed by atoms with Crippen molar-refractivity contribution >= 4 is 30.8 Å². The first-order valence-corrected chi connectivity index (χ1v) is 8.84. The molecule has 2 rings (SSSR count). The van der Waals surface area contributed by atoms with Crippen LogP contribution in [0.1, 0.15) is 18.2 Å². The fourth-order valence-electron chi connectivity index (χ4n) is 1.92. The minimum Gasteiger partial charge on any atom is -0.388 e. The Morgan fingerprint density at radius 3 is 2.95 bits per heavy atom. The summed E-state index contributed by atoms with van der Waals surface area (Å²) < 4.78 is 22.0. The Balaban J connectivity index is 2.31. The third kappa shape index (κ3) is 4.07. The molecule has 0 aromatic carbocycles. The summed E-state index contributed by atoms with van der Waals surface area (Å²) in [4.78, 5) is 34.3. The number of hydrogen-bond acceptors (Lipinski definition) is 6. The molecule has 0 aliphatic carbocycles. The van der Waals surface area contributed by atoms with E-state index in [2.05, 4.69) is 21.3 Å². The smallest absolute Gasteiger partial charge is 0.330 e. The van der Waals surface area contributed by atoms with Crippen LogP contribution in [0, 0.1) is 11.8 Å². The summed E-state index contributed by atoms with van der Waals surface area (Å²) >= 11 is 2.02. The van der Waals surface area contributed by atoms with Gasteiger partial charge in [-0.25, -0.2) is 4.79 Å². The predicted molar refractivity (Wildman–Crippen MR) is 83.9 cm³/mol. The molecule has 1 unspecified atom stereocenters. The molecule has 0 saturated carbocycles. The molecule has 2 heterocycles. The number of H-pyrrole nitrogens is 1. The first-order valence-electron chi connectivity index (χ1n) is 6.05. The number of hydrogen-bond donors (Lipinski definition) is 3. The van der Waals surface area contributed by atoms with Crippen molar-refractivity contribution in [1.29, 1.82) is 0 Å². The summed E-state index contributed by atoms with van der Waals surface area (Å²) in [6.07, 6.45) is -2.24. The van der Waals surface area contributed by atoms with Gasteiger partial charge < -0.3 is 14.7 Å². The normalized spacial score (nSPS) is 25.5. The highest BCUT2D eigenvalue weighted by atomic mass is 127. The van der Waals surface area contributed by atoms with E-state index in [-0.39, 0.29) is 12.0 Å². The lowest BCUT2D eigenvalue weighted by Gasteiger charge is -2.15. The summed E-state index contributed by atoms with van der Waals surface area (Å²) in [7, 11) is -3.29. The van der Waals surface area contributed by atoms with E-state index in [1.54, 1.807) is 0 Å². The number of aliphatic hydroxyl groups excluding tert-OH is 1. The first-order chi connectivity index (χ1) is 10.4. The van der Waals surface area contributed by atoms with Crippen molar-refractivity contribution in [2.45, 2.75) is 25.0 Å². The van der Waals surface area contributed by atoms with E-state index in [4.69, 9.17) is 9.63 Å². The van der Waals surface area contributed by atoms with Gasteiger partial charge in [-0.1, -0.05) is 34.4 Å². The van der Waals surface area contributed by atoms with Gasteiger partial charge in [0.2, 0.25) is 0 Å². The van der Waals surface area contributed by atoms with E-state index < -0.39 is 38.1 Å². The highest BCUT2D eigenvalue weighted by Crippen LogP contribution is 2.33. The quantitative estimate of drug-likeness (QED) is 0.245. The molecular weight excluding hydrogens is 430 g/mol. The molecule has 1 aromatic heterocycles. The molecule has 9 nitrogen and oxygen atoms in total. The third-order valence-electron chi connectivity index (χ3n) is 2.83. The van der Waals surface area contributed by atoms with Crippen molar-refractivity contribution in [2.24, 2.45) is 0 Å². The van der Waals surface area contributed by atoms with E-state index in [0.717, 1.165) is 4.57 Å². The number of nitrogens with zero attached hydrogens (tertiary/aromatic N) is 1. The number of alkyl halides is 1. The molecular formula is C11H12IN2O7P. The van der Waals surface area contributed by atoms with Crippen LogP contribution in [-0.2, 0) is 13.8 Å². The fourth-order valence-corrected chi connectivity index (χ4v) is 2.52. The zero-order chi connectivity index (χ0) is 16.3. The van der Waals surface area contributed by atoms with Gasteiger partial charge in [-0.3, -0.25) is 23.4 Å². The summed E-state index contributed by atoms with van der Waals surface area (Å²) in [5.74, 6) is 5.32. The summed E-state index contributed by atoms with van der Waals surface area (Å²) in [5.41, 5.74) is -1.28. The van der Waals surface area contributed by atoms with Crippen molar-refractivity contribution in [3.05, 3.63) is 32.6 Å². The number of ether oxygens (including phenoxy) is 1. The van der Waals surface area contributed by atoms with Crippen LogP contribution in [0.2, 0.25) is 0 Å². The fraction of sp³-hybridized carbons (Fsp3) is 0.455. The topological polar surface area (TPSA) is 131 Å². The predicted octanol–water partition coefficient (Wildman–Crippen LogP) is -0.672. The lowest BCUT2D eigenvalue weighted by atomic mass is 10.2. The Morgan fingerprint density at radius 1 is 1.59 bits per heavy atom. The van der Waals surface area contributed by atoms with Gasteiger partial charge in [-0.2, -0.15) is 0 Å². The molecule has 1 aromatic rings. The van der Waals surface area contributed by atoms with Gasteiger partial charge in [0.05, 0.1) is 4.43 Å². The van der Waals surface area contributed by atoms with Gasteiger partial charge in [0.15, 0.2) is 6.29 Å². The Hall–Kier alpha value is -0.960. The Kier molecular flexibility index (Phi) is 5.96. The van der Waals surface area contributed by atoms with Crippen LogP contribution in [0.15, 0.2) is 15.8 Å². The van der Waals surface area contributed by atoms with Crippen LogP contribution in [0.5, 0.6) is 0 Å². The molecule has 1 aliphatic rings. The maximum absolute atomic E-state index is 11.8. The van der Waals surface area contributed by atoms with E-state index in [9.17, 15) is 19.3 Å². The van der Waals surface area contributed by atoms with Gasteiger partial charge in [0.25, 0.3) is 5.56 Å². The second-order valence-electron chi connectivity index (χ2n) is 4.29. The van der Waals surface area contributed by atoms with Gasteiger partial charge in [0.1, 0.15) is 17.9 Å². The van der Waals surface area contributed by atoms with Gasteiger partial charge >= 0.3 is 13.9 Å². The molecule has 1 fully saturated rings. The molecule has 1 aliphatic heterocycles. The number of halogens is 1. The number of aromatic amines is 1. The van der Waals surface area contributed by atoms with Crippen LogP contribution in [0.4, 0.5) is 0 Å². The molecule has 0 radical (unpaired) electrons. The van der Waals surface area contributed by atoms with Crippen LogP contribution in [-0.4, -0.2) is 36.4 Å². The van der Waals surface area contributed by atoms with E-state index >= 15 is 0 Å². The van der Waals surface area contributed by atoms with E-state index in [1.165, 1.54) is 6.20 Å². The average Bonchev–Trinajstić information content (AvgIpc) is 2.78. The van der Waals surface area contributed by atoms with Crippen molar-refractivity contribution < 1.29 is 23.8 Å². The SMILES string of the molecule is O=c1[nH]c(=O)n([C@H]2C[C@@H](O)[C@@H](O[PH](=O)O)O2)cc1C#CCI. The first kappa shape index (κ1) is 17.4. The van der Waals surface area contributed by atoms with Crippen molar-refractivity contribution in [3.8, 4) is 11.8 Å². The Bertz CT molecular complexity index is 749. The lowest BCUT2D eigenvalue weighted by molar-refractivity contribution is -0.126. The van der Waals surface area contributed by atoms with Gasteiger partial charge in [0, 0.05) is 12.6 Å². The number of aromatic nitrogens is 2. The van der Waals surface area contributed by atoms with Crippen LogP contribution >= 0.6 is 30.8 Å². The number of nitrogens with one attached hydrogen (secondary N) is 1. The number of rotatable bonds is 3. The van der Waals surface area contributed by atoms with E-state index in [1.807, 2.05) is 22.6 Å². The van der Waals surface area contributed by atoms with Crippen LogP contribution in [0.25, 0.3) is 0 Å². The van der Waals surface area contributed by atoms with Crippen LogP contribution < -0.4 is 11.2 Å². The van der Waals surface area contributed by atoms with Crippen molar-refractivity contribution in [3.63, 3.8) is 0 Å². The van der Waals surface area contributed by atoms with Gasteiger partial charge in [-0.05, 0) is 0 Å². The zero-order valence-electron chi connectivity index (χ0n) is 11.0. The zero-order valence-corrected chi connectivity index (χ0v) is 14.1. The standard InChI is InChI=1S/C11H12IN2O7P/c12-3-1-2-6-5-14(11(17)13-9(6)16)8-4-7(15)10(20-8)21-22(18)19/h5,7-8,10,15,22H,3-4H2,(H,18,19)(H,13,16,17)/t7-,8-,10-/m1/s1. The maximum Gasteiger partial charge on any atom is 0.330 e. The second-order valence-corrected chi connectivity index (χ2v) is 5.82. The lowest BCUT2D eigenvalue weighted by Crippen LogP contribution is -2.33. The molecule has 1 saturated heterocycles. The van der Waals surface area contributed by atoms with Crippen molar-refractivity contribution in [2.75, 3.05) is 4.43 Å². The molecule has 4 atom stereocenters. The average molecular weight is 442 g/mol. The maximum atomic E-state index is 11.8. The largest absolute Gasteiger partial charge is 0.388 e. The van der Waals surface area contributed by atoms with E-state index in [0.29, 0.717) is 4.43 Å². The highest BCUT2D eigenvalue weighted by Gasteiger charge is 2.37. The molecule has 120 valence electrons. The summed E-state index contributed by atoms with van der Waals surface area (Å²) in [5, 5.41) is 9.73. The van der Waals surface area contributed by atoms with Crippen LogP contribution in [0.3, 0.4) is 0 Å². The van der Waals surface area contributed by atoms with Gasteiger partial charge in [-0.15, -0.1) is 0 Å². The molecule has 0 bridgehead atoms. The minimum absolute atomic E-state index is 0.0368. The highest BCUT2D eigenvalue weighted by molar-refractivity contribution is 14.1. The molecule has 11 heteroatoms. The Morgan fingerprint density at radius 2 is 2.32 bits per heavy atom. The Labute approximate surface area is 138 Å². The monoisotopic (exact) mass is 442 g/mol. The third-order valence-corrected chi connectivity index (χ3v) is 3.65. The molecule has 0 spiro atoms. The summed E-state index contributed by atoms with van der Waals surface area (Å²) in [6.45, 7) is 0. The summed E-state index contributed by atoms with van der Waals surface area (Å²) in [6, 6.07) is 0. The molecule has 22 heavy (non-hydrogen) atoms. The minimum atomic E-state index is -3.29.